The number of hydrogen-bond acceptors (Lipinski definition) is 6. The Labute approximate surface area is 165 Å². The molecule has 1 aromatic carbocycles. The van der Waals surface area contributed by atoms with Gasteiger partial charge in [0.15, 0.2) is 10.9 Å². The average Bonchev–Trinajstić information content (AvgIpc) is 3.42. The lowest BCUT2D eigenvalue weighted by Gasteiger charge is -2.05. The number of furan rings is 1. The van der Waals surface area contributed by atoms with E-state index in [-0.39, 0.29) is 0 Å². The molecule has 0 fully saturated rings. The van der Waals surface area contributed by atoms with Crippen LogP contribution in [0.25, 0.3) is 22.2 Å². The summed E-state index contributed by atoms with van der Waals surface area (Å²) in [6.45, 7) is 6.57. The van der Waals surface area contributed by atoms with Crippen molar-refractivity contribution in [3.05, 3.63) is 72.0 Å². The van der Waals surface area contributed by atoms with E-state index in [1.807, 2.05) is 34.9 Å². The van der Waals surface area contributed by atoms with Gasteiger partial charge in [0.1, 0.15) is 5.01 Å². The number of aromatic nitrogens is 4. The van der Waals surface area contributed by atoms with E-state index < -0.39 is 0 Å². The van der Waals surface area contributed by atoms with Gasteiger partial charge in [-0.15, -0.1) is 28.1 Å². The number of hydrogen-bond donors (Lipinski definition) is 0. The molecular formula is C20H18N4OS2. The Morgan fingerprint density at radius 1 is 1.22 bits per heavy atom. The molecule has 0 bridgehead atoms. The van der Waals surface area contributed by atoms with Gasteiger partial charge in [0.05, 0.1) is 12.0 Å². The molecule has 0 N–H and O–H groups in total. The minimum atomic E-state index is 0.622. The summed E-state index contributed by atoms with van der Waals surface area (Å²) < 4.78 is 7.47. The third-order valence-electron chi connectivity index (χ3n) is 4.05. The molecule has 0 amide bonds. The van der Waals surface area contributed by atoms with Gasteiger partial charge in [-0.2, -0.15) is 0 Å². The van der Waals surface area contributed by atoms with Crippen molar-refractivity contribution in [1.82, 2.24) is 19.7 Å². The zero-order valence-corrected chi connectivity index (χ0v) is 16.5. The molecule has 27 heavy (non-hydrogen) atoms. The largest absolute Gasteiger partial charge is 0.461 e. The SMILES string of the molecule is C=CCn1c(SCc2csc(-c3ccccc3C)n2)nnc1-c1ccco1. The molecule has 0 spiro atoms. The molecule has 0 aliphatic heterocycles. The molecule has 3 aromatic heterocycles. The topological polar surface area (TPSA) is 56.7 Å². The van der Waals surface area contributed by atoms with Gasteiger partial charge in [-0.3, -0.25) is 4.57 Å². The quantitative estimate of drug-likeness (QED) is 0.308. The van der Waals surface area contributed by atoms with Crippen LogP contribution < -0.4 is 0 Å². The number of thiazole rings is 1. The maximum absolute atomic E-state index is 5.47. The first-order valence-corrected chi connectivity index (χ1v) is 10.3. The van der Waals surface area contributed by atoms with Crippen LogP contribution >= 0.6 is 23.1 Å². The van der Waals surface area contributed by atoms with Crippen LogP contribution in [-0.4, -0.2) is 19.7 Å². The van der Waals surface area contributed by atoms with Crippen LogP contribution in [0.3, 0.4) is 0 Å². The van der Waals surface area contributed by atoms with E-state index in [1.54, 1.807) is 29.4 Å². The second-order valence-electron chi connectivity index (χ2n) is 5.93. The highest BCUT2D eigenvalue weighted by molar-refractivity contribution is 7.98. The smallest absolute Gasteiger partial charge is 0.200 e. The second-order valence-corrected chi connectivity index (χ2v) is 7.73. The molecule has 4 rings (SSSR count). The zero-order valence-electron chi connectivity index (χ0n) is 14.8. The minimum Gasteiger partial charge on any atom is -0.461 e. The molecule has 0 saturated heterocycles. The van der Waals surface area contributed by atoms with Crippen LogP contribution in [-0.2, 0) is 12.3 Å². The summed E-state index contributed by atoms with van der Waals surface area (Å²) in [5, 5.41) is 12.6. The van der Waals surface area contributed by atoms with Crippen molar-refractivity contribution in [2.24, 2.45) is 0 Å². The Morgan fingerprint density at radius 3 is 2.89 bits per heavy atom. The van der Waals surface area contributed by atoms with Gasteiger partial charge in [-0.1, -0.05) is 42.1 Å². The standard InChI is InChI=1S/C20H18N4OS2/c1-3-10-24-18(17-9-6-11-25-17)22-23-20(24)27-13-15-12-26-19(21-15)16-8-5-4-7-14(16)2/h3-9,11-12H,1,10,13H2,2H3. The summed E-state index contributed by atoms with van der Waals surface area (Å²) in [7, 11) is 0. The van der Waals surface area contributed by atoms with E-state index in [4.69, 9.17) is 9.40 Å². The van der Waals surface area contributed by atoms with Crippen LogP contribution in [0.1, 0.15) is 11.3 Å². The first-order chi connectivity index (χ1) is 13.3. The fourth-order valence-corrected chi connectivity index (χ4v) is 4.58. The molecule has 7 heteroatoms. The summed E-state index contributed by atoms with van der Waals surface area (Å²) in [6, 6.07) is 12.0. The van der Waals surface area contributed by atoms with Gasteiger partial charge in [-0.25, -0.2) is 4.98 Å². The molecular weight excluding hydrogens is 376 g/mol. The average molecular weight is 395 g/mol. The molecule has 0 atom stereocenters. The minimum absolute atomic E-state index is 0.622. The third-order valence-corrected chi connectivity index (χ3v) is 5.97. The van der Waals surface area contributed by atoms with Gasteiger partial charge in [0, 0.05) is 23.2 Å². The zero-order chi connectivity index (χ0) is 18.6. The van der Waals surface area contributed by atoms with Crippen LogP contribution in [0.5, 0.6) is 0 Å². The van der Waals surface area contributed by atoms with Crippen molar-refractivity contribution < 1.29 is 4.42 Å². The van der Waals surface area contributed by atoms with Crippen molar-refractivity contribution in [3.63, 3.8) is 0 Å². The predicted octanol–water partition coefficient (Wildman–Crippen LogP) is 5.45. The maximum atomic E-state index is 5.47. The van der Waals surface area contributed by atoms with E-state index in [9.17, 15) is 0 Å². The van der Waals surface area contributed by atoms with Gasteiger partial charge in [0.25, 0.3) is 0 Å². The van der Waals surface area contributed by atoms with Crippen molar-refractivity contribution in [2.75, 3.05) is 0 Å². The summed E-state index contributed by atoms with van der Waals surface area (Å²) in [5.41, 5.74) is 3.46. The number of thioether (sulfide) groups is 1. The Balaban J connectivity index is 1.53. The van der Waals surface area contributed by atoms with E-state index >= 15 is 0 Å². The molecule has 4 aromatic rings. The fraction of sp³-hybridized carbons (Fsp3) is 0.150. The van der Waals surface area contributed by atoms with Gasteiger partial charge in [0.2, 0.25) is 5.82 Å². The molecule has 0 aliphatic carbocycles. The van der Waals surface area contributed by atoms with Crippen molar-refractivity contribution >= 4 is 23.1 Å². The lowest BCUT2D eigenvalue weighted by atomic mass is 10.1. The van der Waals surface area contributed by atoms with Gasteiger partial charge in [-0.05, 0) is 24.6 Å². The van der Waals surface area contributed by atoms with E-state index in [0.717, 1.165) is 21.6 Å². The van der Waals surface area contributed by atoms with Crippen LogP contribution in [0.2, 0.25) is 0 Å². The molecule has 0 unspecified atom stereocenters. The number of allylic oxidation sites excluding steroid dienone is 1. The van der Waals surface area contributed by atoms with Crippen molar-refractivity contribution in [3.8, 4) is 22.2 Å². The van der Waals surface area contributed by atoms with Crippen LogP contribution in [0.4, 0.5) is 0 Å². The Hall–Kier alpha value is -2.64. The van der Waals surface area contributed by atoms with E-state index in [0.29, 0.717) is 18.1 Å². The fourth-order valence-electron chi connectivity index (χ4n) is 2.73. The summed E-state index contributed by atoms with van der Waals surface area (Å²) in [6.07, 6.45) is 3.47. The lowest BCUT2D eigenvalue weighted by molar-refractivity contribution is 0.569. The first kappa shape index (κ1) is 17.8. The Kier molecular flexibility index (Phi) is 5.22. The van der Waals surface area contributed by atoms with E-state index in [2.05, 4.69) is 41.2 Å². The van der Waals surface area contributed by atoms with Gasteiger partial charge >= 0.3 is 0 Å². The Bertz CT molecular complexity index is 1050. The molecule has 3 heterocycles. The molecule has 5 nitrogen and oxygen atoms in total. The maximum Gasteiger partial charge on any atom is 0.200 e. The normalized spacial score (nSPS) is 11.0. The second kappa shape index (κ2) is 7.94. The summed E-state index contributed by atoms with van der Waals surface area (Å²) in [4.78, 5) is 4.79. The third kappa shape index (κ3) is 3.74. The number of nitrogens with zero attached hydrogens (tertiary/aromatic N) is 4. The van der Waals surface area contributed by atoms with Crippen molar-refractivity contribution in [1.29, 1.82) is 0 Å². The highest BCUT2D eigenvalue weighted by Gasteiger charge is 2.16. The monoisotopic (exact) mass is 394 g/mol. The highest BCUT2D eigenvalue weighted by atomic mass is 32.2. The van der Waals surface area contributed by atoms with E-state index in [1.165, 1.54) is 11.1 Å². The summed E-state index contributed by atoms with van der Waals surface area (Å²) >= 11 is 3.29. The molecule has 0 aliphatic rings. The van der Waals surface area contributed by atoms with Crippen LogP contribution in [0.15, 0.2) is 70.3 Å². The molecule has 0 radical (unpaired) electrons. The van der Waals surface area contributed by atoms with Crippen LogP contribution in [0, 0.1) is 6.92 Å². The lowest BCUT2D eigenvalue weighted by Crippen LogP contribution is -2.00. The number of rotatable bonds is 7. The number of aryl methyl sites for hydroxylation is 1. The van der Waals surface area contributed by atoms with Gasteiger partial charge < -0.3 is 4.42 Å². The number of benzene rings is 1. The first-order valence-electron chi connectivity index (χ1n) is 8.47. The molecule has 0 saturated carbocycles. The predicted molar refractivity (Wildman–Crippen MR) is 110 cm³/mol. The van der Waals surface area contributed by atoms with Crippen molar-refractivity contribution in [2.45, 2.75) is 24.4 Å². The summed E-state index contributed by atoms with van der Waals surface area (Å²) in [5.74, 6) is 2.14. The highest BCUT2D eigenvalue weighted by Crippen LogP contribution is 2.30. The molecule has 136 valence electrons. The Morgan fingerprint density at radius 2 is 2.11 bits per heavy atom.